The normalized spacial score (nSPS) is 22.3. The van der Waals surface area contributed by atoms with Crippen molar-refractivity contribution in [1.29, 1.82) is 0 Å². The summed E-state index contributed by atoms with van der Waals surface area (Å²) in [6.45, 7) is 6.37. The third-order valence-corrected chi connectivity index (χ3v) is 6.26. The maximum atomic E-state index is 11.6. The minimum Gasteiger partial charge on any atom is -0.309 e. The van der Waals surface area contributed by atoms with Crippen LogP contribution in [0.1, 0.15) is 43.4 Å². The average molecular weight is 332 g/mol. The Labute approximate surface area is 131 Å². The SMILES string of the molecule is CCc1nc([C@H](C)NC[C@H]2CCCN(S(C)(=O)=O)C2)cs1. The Kier molecular flexibility index (Phi) is 5.76. The van der Waals surface area contributed by atoms with E-state index in [0.717, 1.165) is 31.5 Å². The van der Waals surface area contributed by atoms with Crippen molar-refractivity contribution in [3.05, 3.63) is 16.1 Å². The fraction of sp³-hybridized carbons (Fsp3) is 0.786. The van der Waals surface area contributed by atoms with Gasteiger partial charge in [0.2, 0.25) is 10.0 Å². The highest BCUT2D eigenvalue weighted by atomic mass is 32.2. The monoisotopic (exact) mass is 331 g/mol. The van der Waals surface area contributed by atoms with Crippen molar-refractivity contribution in [1.82, 2.24) is 14.6 Å². The number of piperidine rings is 1. The lowest BCUT2D eigenvalue weighted by molar-refractivity contribution is 0.256. The van der Waals surface area contributed by atoms with Crippen LogP contribution in [0.4, 0.5) is 0 Å². The molecule has 2 atom stereocenters. The van der Waals surface area contributed by atoms with Gasteiger partial charge in [-0.25, -0.2) is 17.7 Å². The summed E-state index contributed by atoms with van der Waals surface area (Å²) in [4.78, 5) is 4.60. The lowest BCUT2D eigenvalue weighted by Crippen LogP contribution is -2.42. The molecule has 1 aliphatic heterocycles. The molecule has 0 saturated carbocycles. The number of thiazole rings is 1. The third-order valence-electron chi connectivity index (χ3n) is 3.98. The molecule has 0 aromatic carbocycles. The highest BCUT2D eigenvalue weighted by molar-refractivity contribution is 7.88. The Morgan fingerprint density at radius 2 is 2.33 bits per heavy atom. The standard InChI is InChI=1S/C14H25N3O2S2/c1-4-14-16-13(10-20-14)11(2)15-8-12-6-5-7-17(9-12)21(3,18)19/h10-12,15H,4-9H2,1-3H3/t11-,12+/m0/s1. The van der Waals surface area contributed by atoms with Crippen molar-refractivity contribution in [3.63, 3.8) is 0 Å². The lowest BCUT2D eigenvalue weighted by atomic mass is 9.99. The first-order valence-electron chi connectivity index (χ1n) is 7.53. The molecule has 1 aromatic rings. The van der Waals surface area contributed by atoms with Crippen LogP contribution < -0.4 is 5.32 Å². The number of sulfonamides is 1. The summed E-state index contributed by atoms with van der Waals surface area (Å²) in [6, 6.07) is 0.218. The van der Waals surface area contributed by atoms with Crippen LogP contribution in [0, 0.1) is 5.92 Å². The van der Waals surface area contributed by atoms with Crippen molar-refractivity contribution in [2.24, 2.45) is 5.92 Å². The van der Waals surface area contributed by atoms with E-state index in [9.17, 15) is 8.42 Å². The summed E-state index contributed by atoms with van der Waals surface area (Å²) in [6.07, 6.45) is 4.31. The molecule has 1 saturated heterocycles. The van der Waals surface area contributed by atoms with Crippen LogP contribution in [0.15, 0.2) is 5.38 Å². The maximum Gasteiger partial charge on any atom is 0.211 e. The largest absolute Gasteiger partial charge is 0.309 e. The number of nitrogens with zero attached hydrogens (tertiary/aromatic N) is 2. The molecule has 0 bridgehead atoms. The van der Waals surface area contributed by atoms with Crippen molar-refractivity contribution >= 4 is 21.4 Å². The first-order valence-corrected chi connectivity index (χ1v) is 10.3. The van der Waals surface area contributed by atoms with E-state index in [1.54, 1.807) is 15.6 Å². The first kappa shape index (κ1) is 16.9. The minimum absolute atomic E-state index is 0.218. The first-order chi connectivity index (χ1) is 9.90. The summed E-state index contributed by atoms with van der Waals surface area (Å²) >= 11 is 1.70. The molecule has 0 amide bonds. The molecular formula is C14H25N3O2S2. The van der Waals surface area contributed by atoms with Crippen LogP contribution in [0.2, 0.25) is 0 Å². The summed E-state index contributed by atoms with van der Waals surface area (Å²) < 4.78 is 24.9. The van der Waals surface area contributed by atoms with Gasteiger partial charge in [-0.1, -0.05) is 6.92 Å². The zero-order valence-corrected chi connectivity index (χ0v) is 14.6. The summed E-state index contributed by atoms with van der Waals surface area (Å²) in [7, 11) is -3.05. The predicted molar refractivity (Wildman–Crippen MR) is 87.1 cm³/mol. The Hall–Kier alpha value is -0.500. The van der Waals surface area contributed by atoms with Gasteiger partial charge in [0.1, 0.15) is 0 Å². The van der Waals surface area contributed by atoms with Crippen LogP contribution in [0.3, 0.4) is 0 Å². The Morgan fingerprint density at radius 3 is 2.95 bits per heavy atom. The topological polar surface area (TPSA) is 62.3 Å². The number of aromatic nitrogens is 1. The quantitative estimate of drug-likeness (QED) is 0.866. The minimum atomic E-state index is -3.05. The molecule has 7 heteroatoms. The lowest BCUT2D eigenvalue weighted by Gasteiger charge is -2.31. The van der Waals surface area contributed by atoms with Crippen LogP contribution in [-0.2, 0) is 16.4 Å². The van der Waals surface area contributed by atoms with Crippen LogP contribution in [0.25, 0.3) is 0 Å². The van der Waals surface area contributed by atoms with E-state index in [0.29, 0.717) is 19.0 Å². The van der Waals surface area contributed by atoms with E-state index in [4.69, 9.17) is 0 Å². The fourth-order valence-corrected chi connectivity index (χ4v) is 4.41. The molecule has 21 heavy (non-hydrogen) atoms. The van der Waals surface area contributed by atoms with Crippen molar-refractivity contribution in [2.75, 3.05) is 25.9 Å². The van der Waals surface area contributed by atoms with Crippen molar-refractivity contribution < 1.29 is 8.42 Å². The number of hydrogen-bond acceptors (Lipinski definition) is 5. The highest BCUT2D eigenvalue weighted by Crippen LogP contribution is 2.20. The third kappa shape index (κ3) is 4.74. The van der Waals surface area contributed by atoms with Gasteiger partial charge >= 0.3 is 0 Å². The number of aryl methyl sites for hydroxylation is 1. The molecule has 0 spiro atoms. The van der Waals surface area contributed by atoms with E-state index in [-0.39, 0.29) is 6.04 Å². The van der Waals surface area contributed by atoms with Crippen molar-refractivity contribution in [3.8, 4) is 0 Å². The molecule has 1 aliphatic rings. The zero-order chi connectivity index (χ0) is 15.5. The molecule has 2 heterocycles. The second-order valence-corrected chi connectivity index (χ2v) is 8.70. The van der Waals surface area contributed by atoms with Gasteiger partial charge < -0.3 is 5.32 Å². The molecule has 0 unspecified atom stereocenters. The van der Waals surface area contributed by atoms with Gasteiger partial charge in [-0.05, 0) is 38.6 Å². The van der Waals surface area contributed by atoms with Crippen molar-refractivity contribution in [2.45, 2.75) is 39.2 Å². The highest BCUT2D eigenvalue weighted by Gasteiger charge is 2.26. The van der Waals surface area contributed by atoms with E-state index in [1.807, 2.05) is 0 Å². The average Bonchev–Trinajstić information content (AvgIpc) is 2.93. The maximum absolute atomic E-state index is 11.6. The van der Waals surface area contributed by atoms with E-state index in [2.05, 4.69) is 29.5 Å². The van der Waals surface area contributed by atoms with Gasteiger partial charge in [-0.3, -0.25) is 0 Å². The van der Waals surface area contributed by atoms with Gasteiger partial charge in [-0.2, -0.15) is 0 Å². The second kappa shape index (κ2) is 7.17. The van der Waals surface area contributed by atoms with Gasteiger partial charge in [0.25, 0.3) is 0 Å². The summed E-state index contributed by atoms with van der Waals surface area (Å²) in [5, 5.41) is 6.78. The second-order valence-electron chi connectivity index (χ2n) is 5.78. The molecule has 0 aliphatic carbocycles. The predicted octanol–water partition coefficient (Wildman–Crippen LogP) is 2.03. The molecule has 0 radical (unpaired) electrons. The molecule has 1 fully saturated rings. The number of hydrogen-bond donors (Lipinski definition) is 1. The summed E-state index contributed by atoms with van der Waals surface area (Å²) in [5.74, 6) is 0.389. The van der Waals surface area contributed by atoms with E-state index < -0.39 is 10.0 Å². The van der Waals surface area contributed by atoms with Crippen LogP contribution >= 0.6 is 11.3 Å². The number of rotatable bonds is 6. The van der Waals surface area contributed by atoms with Crippen LogP contribution in [0.5, 0.6) is 0 Å². The summed E-state index contributed by atoms with van der Waals surface area (Å²) in [5.41, 5.74) is 1.09. The van der Waals surface area contributed by atoms with E-state index >= 15 is 0 Å². The molecule has 5 nitrogen and oxygen atoms in total. The zero-order valence-electron chi connectivity index (χ0n) is 13.0. The molecule has 1 N–H and O–H groups in total. The smallest absolute Gasteiger partial charge is 0.211 e. The molecule has 120 valence electrons. The Bertz CT molecular complexity index is 556. The fourth-order valence-electron chi connectivity index (χ4n) is 2.63. The van der Waals surface area contributed by atoms with Gasteiger partial charge in [0, 0.05) is 24.5 Å². The van der Waals surface area contributed by atoms with Gasteiger partial charge in [-0.15, -0.1) is 11.3 Å². The Balaban J connectivity index is 1.84. The molecule has 2 rings (SSSR count). The number of nitrogens with one attached hydrogen (secondary N) is 1. The Morgan fingerprint density at radius 1 is 1.57 bits per heavy atom. The van der Waals surface area contributed by atoms with Gasteiger partial charge in [0.15, 0.2) is 0 Å². The van der Waals surface area contributed by atoms with E-state index in [1.165, 1.54) is 11.3 Å². The van der Waals surface area contributed by atoms with Gasteiger partial charge in [0.05, 0.1) is 17.0 Å². The molecular weight excluding hydrogens is 306 g/mol. The van der Waals surface area contributed by atoms with Crippen LogP contribution in [-0.4, -0.2) is 43.6 Å². The molecule has 1 aromatic heterocycles.